The maximum absolute atomic E-state index is 12.2. The highest BCUT2D eigenvalue weighted by molar-refractivity contribution is 7.85. The van der Waals surface area contributed by atoms with Gasteiger partial charge >= 0.3 is 0 Å². The Morgan fingerprint density at radius 1 is 1.35 bits per heavy atom. The second-order valence-corrected chi connectivity index (χ2v) is 8.29. The van der Waals surface area contributed by atoms with Crippen LogP contribution in [-0.2, 0) is 21.3 Å². The first-order chi connectivity index (χ1) is 9.31. The van der Waals surface area contributed by atoms with Crippen molar-refractivity contribution in [2.24, 2.45) is 5.92 Å². The summed E-state index contributed by atoms with van der Waals surface area (Å²) in [5.41, 5.74) is 0.820. The van der Waals surface area contributed by atoms with Crippen LogP contribution in [0.4, 0.5) is 0 Å². The Labute approximate surface area is 127 Å². The number of amides is 1. The predicted molar refractivity (Wildman–Crippen MR) is 85.4 cm³/mol. The minimum atomic E-state index is -1.23. The predicted octanol–water partition coefficient (Wildman–Crippen LogP) is 2.68. The van der Waals surface area contributed by atoms with Crippen LogP contribution in [0.25, 0.3) is 0 Å². The topological polar surface area (TPSA) is 59.1 Å². The van der Waals surface area contributed by atoms with Crippen molar-refractivity contribution in [1.29, 1.82) is 0 Å². The summed E-state index contributed by atoms with van der Waals surface area (Å²) in [6, 6.07) is 0. The fraction of sp³-hybridized carbons (Fsp3) is 0.714. The van der Waals surface area contributed by atoms with E-state index in [1.165, 1.54) is 0 Å². The summed E-state index contributed by atoms with van der Waals surface area (Å²) < 4.78 is 12.2. The third-order valence-electron chi connectivity index (χ3n) is 2.80. The minimum Gasteiger partial charge on any atom is -0.355 e. The van der Waals surface area contributed by atoms with Crippen molar-refractivity contribution in [3.63, 3.8) is 0 Å². The summed E-state index contributed by atoms with van der Waals surface area (Å²) in [4.78, 5) is 16.3. The lowest BCUT2D eigenvalue weighted by atomic mass is 10.2. The second kappa shape index (κ2) is 7.88. The van der Waals surface area contributed by atoms with Crippen molar-refractivity contribution in [1.82, 2.24) is 10.3 Å². The number of nitrogens with one attached hydrogen (secondary N) is 1. The van der Waals surface area contributed by atoms with Crippen LogP contribution in [0.2, 0.25) is 0 Å². The van der Waals surface area contributed by atoms with Crippen LogP contribution in [0.15, 0.2) is 5.38 Å². The molecule has 0 fully saturated rings. The van der Waals surface area contributed by atoms with Gasteiger partial charge in [0.05, 0.1) is 16.5 Å². The van der Waals surface area contributed by atoms with E-state index in [1.807, 2.05) is 19.2 Å². The molecule has 114 valence electrons. The van der Waals surface area contributed by atoms with E-state index in [0.29, 0.717) is 24.1 Å². The molecule has 0 radical (unpaired) electrons. The number of carbonyl (C=O) groups is 1. The van der Waals surface area contributed by atoms with Crippen LogP contribution >= 0.6 is 11.3 Å². The molecule has 0 aliphatic rings. The number of aromatic nitrogens is 1. The number of nitrogens with zero attached hydrogens (tertiary/aromatic N) is 1. The van der Waals surface area contributed by atoms with Gasteiger partial charge in [-0.3, -0.25) is 9.00 Å². The lowest BCUT2D eigenvalue weighted by Gasteiger charge is -2.12. The first kappa shape index (κ1) is 17.3. The number of hydrogen-bond donors (Lipinski definition) is 1. The Kier molecular flexibility index (Phi) is 6.82. The summed E-state index contributed by atoms with van der Waals surface area (Å²) in [6.07, 6.45) is 0. The molecule has 0 aliphatic carbocycles. The van der Waals surface area contributed by atoms with Gasteiger partial charge in [0.25, 0.3) is 0 Å². The van der Waals surface area contributed by atoms with Crippen LogP contribution in [0.3, 0.4) is 0 Å². The summed E-state index contributed by atoms with van der Waals surface area (Å²) in [6.45, 7) is 10.6. The van der Waals surface area contributed by atoms with Crippen molar-refractivity contribution in [2.45, 2.75) is 51.5 Å². The second-order valence-electron chi connectivity index (χ2n) is 5.64. The number of hydrogen-bond acceptors (Lipinski definition) is 4. The van der Waals surface area contributed by atoms with E-state index in [1.54, 1.807) is 18.3 Å². The zero-order valence-electron chi connectivity index (χ0n) is 12.8. The molecule has 20 heavy (non-hydrogen) atoms. The van der Waals surface area contributed by atoms with Crippen LogP contribution in [-0.4, -0.2) is 26.9 Å². The van der Waals surface area contributed by atoms with E-state index in [9.17, 15) is 9.00 Å². The zero-order chi connectivity index (χ0) is 15.3. The van der Waals surface area contributed by atoms with Gasteiger partial charge in [-0.2, -0.15) is 0 Å². The Hall–Kier alpha value is -0.750. The van der Waals surface area contributed by atoms with E-state index in [4.69, 9.17) is 0 Å². The van der Waals surface area contributed by atoms with Crippen molar-refractivity contribution in [2.75, 3.05) is 6.54 Å². The highest BCUT2D eigenvalue weighted by Gasteiger charge is 2.21. The molecule has 0 aromatic carbocycles. The third-order valence-corrected chi connectivity index (χ3v) is 5.58. The molecule has 6 heteroatoms. The van der Waals surface area contributed by atoms with Gasteiger partial charge in [-0.25, -0.2) is 4.98 Å². The Balaban J connectivity index is 2.54. The molecule has 1 N–H and O–H groups in total. The average molecular weight is 316 g/mol. The van der Waals surface area contributed by atoms with Crippen LogP contribution in [0.1, 0.15) is 51.2 Å². The first-order valence-electron chi connectivity index (χ1n) is 6.90. The molecule has 0 saturated carbocycles. The SMILES string of the molecule is CC(C)CNC(=O)C(C)S(=O)Cc1csc(C(C)C)n1. The van der Waals surface area contributed by atoms with Crippen LogP contribution in [0.5, 0.6) is 0 Å². The smallest absolute Gasteiger partial charge is 0.235 e. The van der Waals surface area contributed by atoms with Gasteiger partial charge in [0, 0.05) is 28.6 Å². The van der Waals surface area contributed by atoms with Gasteiger partial charge in [-0.1, -0.05) is 27.7 Å². The molecule has 1 heterocycles. The third kappa shape index (κ3) is 5.32. The lowest BCUT2D eigenvalue weighted by Crippen LogP contribution is -2.37. The maximum Gasteiger partial charge on any atom is 0.235 e. The number of rotatable bonds is 7. The highest BCUT2D eigenvalue weighted by atomic mass is 32.2. The van der Waals surface area contributed by atoms with Gasteiger partial charge in [-0.05, 0) is 12.8 Å². The van der Waals surface area contributed by atoms with E-state index < -0.39 is 16.0 Å². The van der Waals surface area contributed by atoms with Gasteiger partial charge in [0.1, 0.15) is 5.25 Å². The molecule has 2 atom stereocenters. The molecule has 0 aliphatic heterocycles. The molecular formula is C14H24N2O2S2. The molecular weight excluding hydrogens is 292 g/mol. The van der Waals surface area contributed by atoms with Crippen molar-refractivity contribution >= 4 is 28.0 Å². The molecule has 0 bridgehead atoms. The van der Waals surface area contributed by atoms with E-state index in [0.717, 1.165) is 10.7 Å². The van der Waals surface area contributed by atoms with Gasteiger partial charge in [0.2, 0.25) is 5.91 Å². The standard InChI is InChI=1S/C14H24N2O2S2/c1-9(2)6-15-13(17)11(5)20(18)8-12-7-19-14(16-12)10(3)4/h7,9-11H,6,8H2,1-5H3,(H,15,17). The van der Waals surface area contributed by atoms with Gasteiger partial charge < -0.3 is 5.32 Å². The van der Waals surface area contributed by atoms with Gasteiger partial charge in [-0.15, -0.1) is 11.3 Å². The highest BCUT2D eigenvalue weighted by Crippen LogP contribution is 2.20. The number of carbonyl (C=O) groups excluding carboxylic acids is 1. The number of thiazole rings is 1. The minimum absolute atomic E-state index is 0.142. The Morgan fingerprint density at radius 2 is 2.00 bits per heavy atom. The average Bonchev–Trinajstić information content (AvgIpc) is 2.83. The Morgan fingerprint density at radius 3 is 2.50 bits per heavy atom. The quantitative estimate of drug-likeness (QED) is 0.841. The van der Waals surface area contributed by atoms with Crippen molar-refractivity contribution in [3.8, 4) is 0 Å². The fourth-order valence-electron chi connectivity index (χ4n) is 1.49. The molecule has 0 saturated heterocycles. The summed E-state index contributed by atoms with van der Waals surface area (Å²) in [5.74, 6) is 0.983. The summed E-state index contributed by atoms with van der Waals surface area (Å²) >= 11 is 1.59. The summed E-state index contributed by atoms with van der Waals surface area (Å²) in [7, 11) is -1.23. The molecule has 4 nitrogen and oxygen atoms in total. The summed E-state index contributed by atoms with van der Waals surface area (Å²) in [5, 5.41) is 5.31. The molecule has 1 rings (SSSR count). The Bertz CT molecular complexity index is 469. The van der Waals surface area contributed by atoms with Crippen LogP contribution in [0, 0.1) is 5.92 Å². The monoisotopic (exact) mass is 316 g/mol. The lowest BCUT2D eigenvalue weighted by molar-refractivity contribution is -0.120. The molecule has 1 aromatic rings. The first-order valence-corrected chi connectivity index (χ1v) is 9.16. The maximum atomic E-state index is 12.2. The largest absolute Gasteiger partial charge is 0.355 e. The van der Waals surface area contributed by atoms with Crippen LogP contribution < -0.4 is 5.32 Å². The van der Waals surface area contributed by atoms with Crippen molar-refractivity contribution < 1.29 is 9.00 Å². The van der Waals surface area contributed by atoms with E-state index >= 15 is 0 Å². The molecule has 1 amide bonds. The van der Waals surface area contributed by atoms with Gasteiger partial charge in [0.15, 0.2) is 0 Å². The fourth-order valence-corrected chi connectivity index (χ4v) is 3.44. The zero-order valence-corrected chi connectivity index (χ0v) is 14.4. The molecule has 0 spiro atoms. The molecule has 1 aromatic heterocycles. The van der Waals surface area contributed by atoms with E-state index in [2.05, 4.69) is 24.1 Å². The molecule has 2 unspecified atom stereocenters. The van der Waals surface area contributed by atoms with E-state index in [-0.39, 0.29) is 5.91 Å². The van der Waals surface area contributed by atoms with Crippen molar-refractivity contribution in [3.05, 3.63) is 16.1 Å². The normalized spacial score (nSPS) is 14.6.